The first-order valence-corrected chi connectivity index (χ1v) is 6.44. The summed E-state index contributed by atoms with van der Waals surface area (Å²) in [4.78, 5) is 24.7. The van der Waals surface area contributed by atoms with Crippen molar-refractivity contribution in [2.75, 3.05) is 12.0 Å². The Morgan fingerprint density at radius 1 is 1.50 bits per heavy atom. The van der Waals surface area contributed by atoms with Crippen LogP contribution in [0.25, 0.3) is 0 Å². The summed E-state index contributed by atoms with van der Waals surface area (Å²) < 4.78 is 0. The molecule has 1 aliphatic rings. The molecule has 7 heteroatoms. The van der Waals surface area contributed by atoms with Crippen LogP contribution in [-0.2, 0) is 0 Å². The lowest BCUT2D eigenvalue weighted by atomic mass is 10.0. The minimum atomic E-state index is -0.522. The highest BCUT2D eigenvalue weighted by Gasteiger charge is 2.36. The van der Waals surface area contributed by atoms with Crippen LogP contribution >= 0.6 is 0 Å². The molecule has 1 aromatic rings. The van der Waals surface area contributed by atoms with Crippen molar-refractivity contribution in [1.29, 1.82) is 0 Å². The summed E-state index contributed by atoms with van der Waals surface area (Å²) in [5.74, 6) is 5.16. The fourth-order valence-electron chi connectivity index (χ4n) is 2.58. The molecule has 1 aromatic carbocycles. The van der Waals surface area contributed by atoms with Crippen LogP contribution in [0.1, 0.15) is 37.0 Å². The van der Waals surface area contributed by atoms with E-state index >= 15 is 0 Å². The molecular weight excluding hydrogens is 260 g/mol. The molecule has 20 heavy (non-hydrogen) atoms. The summed E-state index contributed by atoms with van der Waals surface area (Å²) in [6.45, 7) is 4.63. The number of benzene rings is 1. The van der Waals surface area contributed by atoms with Crippen molar-refractivity contribution < 1.29 is 9.72 Å². The van der Waals surface area contributed by atoms with Gasteiger partial charge in [-0.1, -0.05) is 0 Å². The highest BCUT2D eigenvalue weighted by atomic mass is 16.6. The van der Waals surface area contributed by atoms with E-state index in [1.54, 1.807) is 4.90 Å². The molecule has 0 spiro atoms. The van der Waals surface area contributed by atoms with Crippen molar-refractivity contribution in [2.24, 2.45) is 5.84 Å². The Morgan fingerprint density at radius 2 is 2.20 bits per heavy atom. The lowest BCUT2D eigenvalue weighted by Crippen LogP contribution is -2.43. The summed E-state index contributed by atoms with van der Waals surface area (Å²) in [6, 6.07) is 4.04. The highest BCUT2D eigenvalue weighted by molar-refractivity contribution is 6.00. The third kappa shape index (κ3) is 2.44. The molecule has 0 aromatic heterocycles. The molecule has 0 unspecified atom stereocenters. The Hall–Kier alpha value is -2.15. The summed E-state index contributed by atoms with van der Waals surface area (Å²) in [5.41, 5.74) is 2.68. The predicted octanol–water partition coefficient (Wildman–Crippen LogP) is 1.90. The number of nitro benzene ring substituents is 1. The fourth-order valence-corrected chi connectivity index (χ4v) is 2.58. The van der Waals surface area contributed by atoms with Gasteiger partial charge in [0.2, 0.25) is 0 Å². The van der Waals surface area contributed by atoms with Gasteiger partial charge in [0.1, 0.15) is 0 Å². The van der Waals surface area contributed by atoms with Crippen LogP contribution in [0.4, 0.5) is 11.4 Å². The fraction of sp³-hybridized carbons (Fsp3) is 0.462. The lowest BCUT2D eigenvalue weighted by molar-refractivity contribution is -0.384. The standard InChI is InChI=1S/C13H18N4O3/c1-13(2)6-3-7-16(13)12(18)10-8-9(17(19)20)4-5-11(10)15-14/h4-5,8,15H,3,6-7,14H2,1-2H3. The minimum absolute atomic E-state index is 0.121. The maximum Gasteiger partial charge on any atom is 0.270 e. The van der Waals surface area contributed by atoms with E-state index in [9.17, 15) is 14.9 Å². The number of nitrogens with one attached hydrogen (secondary N) is 1. The predicted molar refractivity (Wildman–Crippen MR) is 75.3 cm³/mol. The largest absolute Gasteiger partial charge is 0.333 e. The quantitative estimate of drug-likeness (QED) is 0.499. The number of nitro groups is 1. The molecule has 1 aliphatic heterocycles. The van der Waals surface area contributed by atoms with E-state index in [1.807, 2.05) is 13.8 Å². The molecule has 1 saturated heterocycles. The van der Waals surface area contributed by atoms with E-state index in [1.165, 1.54) is 18.2 Å². The third-order valence-electron chi connectivity index (χ3n) is 3.75. The molecule has 3 N–H and O–H groups in total. The van der Waals surface area contributed by atoms with E-state index in [0.29, 0.717) is 12.2 Å². The van der Waals surface area contributed by atoms with Crippen LogP contribution in [0.5, 0.6) is 0 Å². The average Bonchev–Trinajstić information content (AvgIpc) is 2.76. The number of likely N-dealkylation sites (tertiary alicyclic amines) is 1. The first kappa shape index (κ1) is 14.3. The molecular formula is C13H18N4O3. The van der Waals surface area contributed by atoms with Gasteiger partial charge < -0.3 is 10.3 Å². The summed E-state index contributed by atoms with van der Waals surface area (Å²) in [7, 11) is 0. The van der Waals surface area contributed by atoms with Gasteiger partial charge in [0.25, 0.3) is 11.6 Å². The van der Waals surface area contributed by atoms with Gasteiger partial charge in [0.05, 0.1) is 16.2 Å². The number of nitrogens with two attached hydrogens (primary N) is 1. The second-order valence-electron chi connectivity index (χ2n) is 5.50. The molecule has 7 nitrogen and oxygen atoms in total. The number of nitrogens with zero attached hydrogens (tertiary/aromatic N) is 2. The number of amides is 1. The minimum Gasteiger partial charge on any atom is -0.333 e. The first-order valence-electron chi connectivity index (χ1n) is 6.44. The summed E-state index contributed by atoms with van der Waals surface area (Å²) in [5, 5.41) is 10.9. The lowest BCUT2D eigenvalue weighted by Gasteiger charge is -2.32. The molecule has 2 rings (SSSR count). The maximum atomic E-state index is 12.6. The molecule has 0 bridgehead atoms. The number of nitrogen functional groups attached to an aromatic ring is 1. The molecule has 0 aliphatic carbocycles. The van der Waals surface area contributed by atoms with E-state index < -0.39 is 4.92 Å². The zero-order valence-corrected chi connectivity index (χ0v) is 11.5. The van der Waals surface area contributed by atoms with Crippen LogP contribution in [-0.4, -0.2) is 27.8 Å². The normalized spacial score (nSPS) is 17.1. The van der Waals surface area contributed by atoms with Crippen molar-refractivity contribution in [1.82, 2.24) is 4.90 Å². The zero-order valence-electron chi connectivity index (χ0n) is 11.5. The van der Waals surface area contributed by atoms with Gasteiger partial charge in [-0.05, 0) is 32.8 Å². The van der Waals surface area contributed by atoms with Crippen LogP contribution in [0.2, 0.25) is 0 Å². The van der Waals surface area contributed by atoms with Gasteiger partial charge >= 0.3 is 0 Å². The van der Waals surface area contributed by atoms with Gasteiger partial charge in [-0.25, -0.2) is 0 Å². The van der Waals surface area contributed by atoms with E-state index in [2.05, 4.69) is 5.43 Å². The Bertz CT molecular complexity index is 557. The van der Waals surface area contributed by atoms with Gasteiger partial charge in [0.15, 0.2) is 0 Å². The second-order valence-corrected chi connectivity index (χ2v) is 5.50. The molecule has 0 saturated carbocycles. The second kappa shape index (κ2) is 5.09. The Kier molecular flexibility index (Phi) is 3.63. The number of rotatable bonds is 3. The van der Waals surface area contributed by atoms with Gasteiger partial charge in [-0.15, -0.1) is 0 Å². The van der Waals surface area contributed by atoms with Gasteiger partial charge in [-0.2, -0.15) is 0 Å². The number of anilines is 1. The topological polar surface area (TPSA) is 102 Å². The van der Waals surface area contributed by atoms with Gasteiger partial charge in [0, 0.05) is 24.2 Å². The van der Waals surface area contributed by atoms with Crippen molar-refractivity contribution in [3.8, 4) is 0 Å². The van der Waals surface area contributed by atoms with Crippen LogP contribution in [0.15, 0.2) is 18.2 Å². The van der Waals surface area contributed by atoms with Crippen LogP contribution in [0.3, 0.4) is 0 Å². The van der Waals surface area contributed by atoms with Crippen molar-refractivity contribution in [3.63, 3.8) is 0 Å². The first-order chi connectivity index (χ1) is 9.36. The van der Waals surface area contributed by atoms with Crippen molar-refractivity contribution in [3.05, 3.63) is 33.9 Å². The average molecular weight is 278 g/mol. The number of carbonyl (C=O) groups is 1. The van der Waals surface area contributed by atoms with Crippen molar-refractivity contribution >= 4 is 17.3 Å². The highest BCUT2D eigenvalue weighted by Crippen LogP contribution is 2.32. The molecule has 1 amide bonds. The van der Waals surface area contributed by atoms with E-state index in [0.717, 1.165) is 12.8 Å². The Labute approximate surface area is 116 Å². The zero-order chi connectivity index (χ0) is 14.9. The molecule has 1 fully saturated rings. The number of hydrogen-bond donors (Lipinski definition) is 2. The summed E-state index contributed by atoms with van der Waals surface area (Å²) >= 11 is 0. The third-order valence-corrected chi connectivity index (χ3v) is 3.75. The van der Waals surface area contributed by atoms with E-state index in [4.69, 9.17) is 5.84 Å². The van der Waals surface area contributed by atoms with Crippen LogP contribution in [0, 0.1) is 10.1 Å². The monoisotopic (exact) mass is 278 g/mol. The summed E-state index contributed by atoms with van der Waals surface area (Å²) in [6.07, 6.45) is 1.85. The number of non-ortho nitro benzene ring substituents is 1. The smallest absolute Gasteiger partial charge is 0.270 e. The molecule has 0 radical (unpaired) electrons. The Morgan fingerprint density at radius 3 is 2.70 bits per heavy atom. The number of carbonyl (C=O) groups excluding carboxylic acids is 1. The van der Waals surface area contributed by atoms with Gasteiger partial charge in [-0.3, -0.25) is 20.8 Å². The maximum absolute atomic E-state index is 12.6. The number of hydrogen-bond acceptors (Lipinski definition) is 5. The molecule has 108 valence electrons. The van der Waals surface area contributed by atoms with Crippen molar-refractivity contribution in [2.45, 2.75) is 32.2 Å². The SMILES string of the molecule is CC1(C)CCCN1C(=O)c1cc([N+](=O)[O-])ccc1NN. The van der Waals surface area contributed by atoms with E-state index in [-0.39, 0.29) is 22.7 Å². The molecule has 1 heterocycles. The molecule has 0 atom stereocenters. The Balaban J connectivity index is 2.42. The number of hydrazine groups is 1. The van der Waals surface area contributed by atoms with Crippen LogP contribution < -0.4 is 11.3 Å².